The standard InChI is InChI=1S/C12H16N4OS/c1-7(13)11-9(17-3)5-4-6-10(11)18-12-14-8(2)15-16-12/h4-7H,13H2,1-3H3,(H,14,15,16). The Labute approximate surface area is 110 Å². The summed E-state index contributed by atoms with van der Waals surface area (Å²) in [5, 5.41) is 7.62. The number of aromatic amines is 1. The Morgan fingerprint density at radius 2 is 2.22 bits per heavy atom. The van der Waals surface area contributed by atoms with Crippen molar-refractivity contribution in [2.75, 3.05) is 7.11 Å². The van der Waals surface area contributed by atoms with Crippen LogP contribution in [0.4, 0.5) is 0 Å². The van der Waals surface area contributed by atoms with Crippen molar-refractivity contribution in [3.05, 3.63) is 29.6 Å². The van der Waals surface area contributed by atoms with Crippen molar-refractivity contribution in [1.29, 1.82) is 0 Å². The zero-order valence-electron chi connectivity index (χ0n) is 10.6. The molecule has 6 heteroatoms. The minimum absolute atomic E-state index is 0.108. The highest BCUT2D eigenvalue weighted by atomic mass is 32.2. The van der Waals surface area contributed by atoms with Crippen molar-refractivity contribution in [1.82, 2.24) is 15.2 Å². The van der Waals surface area contributed by atoms with E-state index < -0.39 is 0 Å². The van der Waals surface area contributed by atoms with Crippen LogP contribution >= 0.6 is 11.8 Å². The van der Waals surface area contributed by atoms with Crippen LogP contribution in [0.15, 0.2) is 28.3 Å². The molecule has 0 saturated carbocycles. The number of aromatic nitrogens is 3. The lowest BCUT2D eigenvalue weighted by Crippen LogP contribution is -2.08. The number of aryl methyl sites for hydroxylation is 1. The van der Waals surface area contributed by atoms with E-state index in [1.807, 2.05) is 32.0 Å². The van der Waals surface area contributed by atoms with Gasteiger partial charge in [0, 0.05) is 16.5 Å². The van der Waals surface area contributed by atoms with E-state index in [0.717, 1.165) is 22.0 Å². The molecule has 0 aliphatic carbocycles. The third-order valence-corrected chi connectivity index (χ3v) is 3.42. The van der Waals surface area contributed by atoms with Crippen molar-refractivity contribution < 1.29 is 4.74 Å². The summed E-state index contributed by atoms with van der Waals surface area (Å²) in [5.74, 6) is 1.59. The minimum Gasteiger partial charge on any atom is -0.496 e. The molecule has 1 aromatic carbocycles. The maximum absolute atomic E-state index is 6.01. The highest BCUT2D eigenvalue weighted by Crippen LogP contribution is 2.36. The molecule has 1 heterocycles. The highest BCUT2D eigenvalue weighted by molar-refractivity contribution is 7.99. The molecule has 2 aromatic rings. The number of nitrogens with two attached hydrogens (primary N) is 1. The molecular weight excluding hydrogens is 248 g/mol. The zero-order chi connectivity index (χ0) is 13.1. The van der Waals surface area contributed by atoms with Crippen LogP contribution in [0.5, 0.6) is 5.75 Å². The predicted octanol–water partition coefficient (Wildman–Crippen LogP) is 2.29. The molecule has 0 bridgehead atoms. The fraction of sp³-hybridized carbons (Fsp3) is 0.333. The summed E-state index contributed by atoms with van der Waals surface area (Å²) in [7, 11) is 1.65. The quantitative estimate of drug-likeness (QED) is 0.886. The van der Waals surface area contributed by atoms with Crippen LogP contribution in [0.1, 0.15) is 24.4 Å². The Hall–Kier alpha value is -1.53. The van der Waals surface area contributed by atoms with Gasteiger partial charge in [0.25, 0.3) is 0 Å². The number of hydrogen-bond acceptors (Lipinski definition) is 5. The SMILES string of the molecule is COc1cccc(Sc2n[nH]c(C)n2)c1C(C)N. The van der Waals surface area contributed by atoms with Crippen molar-refractivity contribution in [2.24, 2.45) is 5.73 Å². The third-order valence-electron chi connectivity index (χ3n) is 2.48. The van der Waals surface area contributed by atoms with E-state index in [1.54, 1.807) is 7.11 Å². The number of rotatable bonds is 4. The van der Waals surface area contributed by atoms with Gasteiger partial charge in [-0.05, 0) is 37.7 Å². The van der Waals surface area contributed by atoms with Gasteiger partial charge in [-0.3, -0.25) is 5.10 Å². The lowest BCUT2D eigenvalue weighted by molar-refractivity contribution is 0.405. The van der Waals surface area contributed by atoms with Gasteiger partial charge in [0.05, 0.1) is 7.11 Å². The Kier molecular flexibility index (Phi) is 3.88. The molecule has 2 rings (SSSR count). The van der Waals surface area contributed by atoms with Gasteiger partial charge < -0.3 is 10.5 Å². The third kappa shape index (κ3) is 2.65. The summed E-state index contributed by atoms with van der Waals surface area (Å²) in [6.07, 6.45) is 0. The predicted molar refractivity (Wildman–Crippen MR) is 70.8 cm³/mol. The molecule has 3 N–H and O–H groups in total. The fourth-order valence-electron chi connectivity index (χ4n) is 1.71. The number of H-pyrrole nitrogens is 1. The van der Waals surface area contributed by atoms with E-state index in [0.29, 0.717) is 5.16 Å². The molecule has 1 aromatic heterocycles. The lowest BCUT2D eigenvalue weighted by atomic mass is 10.1. The van der Waals surface area contributed by atoms with E-state index in [-0.39, 0.29) is 6.04 Å². The van der Waals surface area contributed by atoms with E-state index in [9.17, 15) is 0 Å². The molecule has 0 aliphatic rings. The average Bonchev–Trinajstić information content (AvgIpc) is 2.74. The first-order valence-electron chi connectivity index (χ1n) is 5.61. The maximum Gasteiger partial charge on any atom is 0.213 e. The number of nitrogens with one attached hydrogen (secondary N) is 1. The smallest absolute Gasteiger partial charge is 0.213 e. The summed E-state index contributed by atoms with van der Waals surface area (Å²) >= 11 is 1.48. The molecule has 1 unspecified atom stereocenters. The number of nitrogens with zero attached hydrogens (tertiary/aromatic N) is 2. The van der Waals surface area contributed by atoms with Crippen LogP contribution in [0, 0.1) is 6.92 Å². The van der Waals surface area contributed by atoms with E-state index in [4.69, 9.17) is 10.5 Å². The van der Waals surface area contributed by atoms with Gasteiger partial charge in [-0.25, -0.2) is 4.98 Å². The minimum atomic E-state index is -0.108. The van der Waals surface area contributed by atoms with Crippen LogP contribution < -0.4 is 10.5 Å². The number of ether oxygens (including phenoxy) is 1. The van der Waals surface area contributed by atoms with Gasteiger partial charge in [0.1, 0.15) is 11.6 Å². The molecule has 0 spiro atoms. The second-order valence-corrected chi connectivity index (χ2v) is 4.98. The van der Waals surface area contributed by atoms with Gasteiger partial charge in [0.15, 0.2) is 0 Å². The molecule has 0 fully saturated rings. The lowest BCUT2D eigenvalue weighted by Gasteiger charge is -2.15. The van der Waals surface area contributed by atoms with Crippen LogP contribution in [0.25, 0.3) is 0 Å². The summed E-state index contributed by atoms with van der Waals surface area (Å²) in [6, 6.07) is 5.74. The normalized spacial score (nSPS) is 12.4. The molecule has 0 amide bonds. The van der Waals surface area contributed by atoms with E-state index in [2.05, 4.69) is 15.2 Å². The summed E-state index contributed by atoms with van der Waals surface area (Å²) in [6.45, 7) is 3.81. The van der Waals surface area contributed by atoms with E-state index >= 15 is 0 Å². The molecule has 0 radical (unpaired) electrons. The number of hydrogen-bond donors (Lipinski definition) is 2. The van der Waals surface area contributed by atoms with Crippen molar-refractivity contribution in [3.8, 4) is 5.75 Å². The topological polar surface area (TPSA) is 76.8 Å². The van der Waals surface area contributed by atoms with Gasteiger partial charge in [-0.15, -0.1) is 5.10 Å². The molecule has 1 atom stereocenters. The van der Waals surface area contributed by atoms with Crippen molar-refractivity contribution >= 4 is 11.8 Å². The maximum atomic E-state index is 6.01. The largest absolute Gasteiger partial charge is 0.496 e. The first-order chi connectivity index (χ1) is 8.61. The Morgan fingerprint density at radius 1 is 1.44 bits per heavy atom. The molecule has 96 valence electrons. The molecule has 0 aliphatic heterocycles. The first kappa shape index (κ1) is 12.9. The summed E-state index contributed by atoms with van der Waals surface area (Å²) in [5.41, 5.74) is 6.99. The first-order valence-corrected chi connectivity index (χ1v) is 6.42. The van der Waals surface area contributed by atoms with Crippen LogP contribution in [-0.4, -0.2) is 22.3 Å². The van der Waals surface area contributed by atoms with Crippen molar-refractivity contribution in [3.63, 3.8) is 0 Å². The Bertz CT molecular complexity index is 539. The fourth-order valence-corrected chi connectivity index (χ4v) is 2.72. The second-order valence-electron chi connectivity index (χ2n) is 3.97. The summed E-state index contributed by atoms with van der Waals surface area (Å²) < 4.78 is 5.35. The molecule has 18 heavy (non-hydrogen) atoms. The van der Waals surface area contributed by atoms with Crippen LogP contribution in [0.2, 0.25) is 0 Å². The number of methoxy groups -OCH3 is 1. The Balaban J connectivity index is 2.37. The van der Waals surface area contributed by atoms with Crippen LogP contribution in [0.3, 0.4) is 0 Å². The number of benzene rings is 1. The van der Waals surface area contributed by atoms with Crippen LogP contribution in [-0.2, 0) is 0 Å². The molecule has 5 nitrogen and oxygen atoms in total. The average molecular weight is 264 g/mol. The summed E-state index contributed by atoms with van der Waals surface area (Å²) in [4.78, 5) is 5.29. The molecule has 0 saturated heterocycles. The van der Waals surface area contributed by atoms with Gasteiger partial charge >= 0.3 is 0 Å². The van der Waals surface area contributed by atoms with Gasteiger partial charge in [0.2, 0.25) is 5.16 Å². The Morgan fingerprint density at radius 3 is 2.78 bits per heavy atom. The van der Waals surface area contributed by atoms with Gasteiger partial charge in [-0.2, -0.15) is 0 Å². The van der Waals surface area contributed by atoms with E-state index in [1.165, 1.54) is 11.8 Å². The highest BCUT2D eigenvalue weighted by Gasteiger charge is 2.15. The second kappa shape index (κ2) is 5.41. The zero-order valence-corrected chi connectivity index (χ0v) is 11.4. The van der Waals surface area contributed by atoms with Gasteiger partial charge in [-0.1, -0.05) is 6.07 Å². The molecular formula is C12H16N4OS. The monoisotopic (exact) mass is 264 g/mol. The van der Waals surface area contributed by atoms with Crippen molar-refractivity contribution in [2.45, 2.75) is 29.9 Å².